The van der Waals surface area contributed by atoms with E-state index < -0.39 is 17.8 Å². The Labute approximate surface area is 153 Å². The van der Waals surface area contributed by atoms with Crippen LogP contribution in [0, 0.1) is 5.92 Å². The van der Waals surface area contributed by atoms with Crippen molar-refractivity contribution in [3.8, 4) is 0 Å². The number of nitrogens with one attached hydrogen (secondary N) is 2. The zero-order valence-electron chi connectivity index (χ0n) is 15.6. The monoisotopic (exact) mass is 371 g/mol. The maximum atomic E-state index is 12.8. The van der Waals surface area contributed by atoms with Gasteiger partial charge in [-0.2, -0.15) is 13.2 Å². The fraction of sp³-hybridized carbons (Fsp3) is 0.632. The van der Waals surface area contributed by atoms with Gasteiger partial charge in [-0.25, -0.2) is 4.79 Å². The Balaban J connectivity index is 1.83. The van der Waals surface area contributed by atoms with Crippen LogP contribution in [0.5, 0.6) is 0 Å². The van der Waals surface area contributed by atoms with E-state index in [1.807, 2.05) is 0 Å². The summed E-state index contributed by atoms with van der Waals surface area (Å²) in [6.45, 7) is 9.02. The van der Waals surface area contributed by atoms with Crippen molar-refractivity contribution in [2.45, 2.75) is 51.9 Å². The average Bonchev–Trinajstić information content (AvgIpc) is 2.55. The summed E-state index contributed by atoms with van der Waals surface area (Å²) in [4.78, 5) is 14.6. The minimum Gasteiger partial charge on any atom is -0.335 e. The van der Waals surface area contributed by atoms with E-state index in [4.69, 9.17) is 0 Å². The Bertz CT molecular complexity index is 596. The first-order valence-corrected chi connectivity index (χ1v) is 9.11. The largest absolute Gasteiger partial charge is 0.416 e. The first-order chi connectivity index (χ1) is 12.1. The molecule has 146 valence electrons. The van der Waals surface area contributed by atoms with Gasteiger partial charge >= 0.3 is 12.2 Å². The molecule has 1 aromatic rings. The number of amides is 2. The fourth-order valence-corrected chi connectivity index (χ4v) is 3.27. The van der Waals surface area contributed by atoms with Crippen LogP contribution < -0.4 is 10.6 Å². The lowest BCUT2D eigenvalue weighted by Crippen LogP contribution is -2.48. The highest BCUT2D eigenvalue weighted by molar-refractivity contribution is 5.74. The van der Waals surface area contributed by atoms with Crippen LogP contribution in [0.25, 0.3) is 0 Å². The van der Waals surface area contributed by atoms with E-state index in [0.29, 0.717) is 11.5 Å². The Morgan fingerprint density at radius 3 is 2.46 bits per heavy atom. The molecule has 0 saturated carbocycles. The quantitative estimate of drug-likeness (QED) is 0.815. The molecule has 1 atom stereocenters. The standard InChI is InChI=1S/C19H28F3N3O/c1-13(2)12-25-9-7-17(8-10-25)24-18(26)23-14(3)15-5-4-6-16(11-15)19(20,21)22/h4-6,11,13-14,17H,7-10,12H2,1-3H3,(H2,23,24,26). The van der Waals surface area contributed by atoms with Crippen LogP contribution in [0.15, 0.2) is 24.3 Å². The number of likely N-dealkylation sites (tertiary alicyclic amines) is 1. The summed E-state index contributed by atoms with van der Waals surface area (Å²) >= 11 is 0. The average molecular weight is 371 g/mol. The third kappa shape index (κ3) is 6.20. The molecule has 2 N–H and O–H groups in total. The van der Waals surface area contributed by atoms with Crippen LogP contribution in [0.4, 0.5) is 18.0 Å². The van der Waals surface area contributed by atoms with Crippen LogP contribution in [0.2, 0.25) is 0 Å². The maximum Gasteiger partial charge on any atom is 0.416 e. The zero-order valence-corrected chi connectivity index (χ0v) is 15.6. The number of hydrogen-bond acceptors (Lipinski definition) is 2. The number of hydrogen-bond donors (Lipinski definition) is 2. The molecule has 1 aliphatic rings. The number of rotatable bonds is 5. The predicted octanol–water partition coefficient (Wildman–Crippen LogP) is 4.19. The van der Waals surface area contributed by atoms with Gasteiger partial charge in [0.05, 0.1) is 11.6 Å². The van der Waals surface area contributed by atoms with Gasteiger partial charge < -0.3 is 15.5 Å². The van der Waals surface area contributed by atoms with E-state index in [1.165, 1.54) is 6.07 Å². The van der Waals surface area contributed by atoms with Crippen LogP contribution in [-0.4, -0.2) is 36.6 Å². The molecule has 26 heavy (non-hydrogen) atoms. The molecule has 4 nitrogen and oxygen atoms in total. The Morgan fingerprint density at radius 2 is 1.88 bits per heavy atom. The van der Waals surface area contributed by atoms with Gasteiger partial charge in [0.15, 0.2) is 0 Å². The summed E-state index contributed by atoms with van der Waals surface area (Å²) in [5.74, 6) is 0.621. The molecule has 1 aliphatic heterocycles. The van der Waals surface area contributed by atoms with E-state index in [-0.39, 0.29) is 12.1 Å². The minimum atomic E-state index is -4.39. The second-order valence-corrected chi connectivity index (χ2v) is 7.43. The van der Waals surface area contributed by atoms with E-state index in [0.717, 1.165) is 44.6 Å². The second kappa shape index (κ2) is 8.75. The van der Waals surface area contributed by atoms with Crippen LogP contribution in [-0.2, 0) is 6.18 Å². The third-order valence-corrected chi connectivity index (χ3v) is 4.61. The van der Waals surface area contributed by atoms with Crippen molar-refractivity contribution in [3.63, 3.8) is 0 Å². The maximum absolute atomic E-state index is 12.8. The van der Waals surface area contributed by atoms with Gasteiger partial charge in [-0.15, -0.1) is 0 Å². The van der Waals surface area contributed by atoms with Crippen molar-refractivity contribution in [2.75, 3.05) is 19.6 Å². The van der Waals surface area contributed by atoms with Gasteiger partial charge in [0, 0.05) is 25.7 Å². The number of carbonyl (C=O) groups excluding carboxylic acids is 1. The number of alkyl halides is 3. The molecule has 2 rings (SSSR count). The Hall–Kier alpha value is -1.76. The van der Waals surface area contributed by atoms with Crippen LogP contribution >= 0.6 is 0 Å². The van der Waals surface area contributed by atoms with Gasteiger partial charge in [0.1, 0.15) is 0 Å². The molecule has 1 aromatic carbocycles. The fourth-order valence-electron chi connectivity index (χ4n) is 3.27. The van der Waals surface area contributed by atoms with Gasteiger partial charge in [-0.1, -0.05) is 26.0 Å². The lowest BCUT2D eigenvalue weighted by Gasteiger charge is -2.33. The van der Waals surface area contributed by atoms with Crippen molar-refractivity contribution < 1.29 is 18.0 Å². The summed E-state index contributed by atoms with van der Waals surface area (Å²) < 4.78 is 38.4. The molecular formula is C19H28F3N3O. The highest BCUT2D eigenvalue weighted by Gasteiger charge is 2.31. The van der Waals surface area contributed by atoms with Crippen molar-refractivity contribution in [1.29, 1.82) is 0 Å². The Morgan fingerprint density at radius 1 is 1.23 bits per heavy atom. The molecule has 0 radical (unpaired) electrons. The number of piperidine rings is 1. The van der Waals surface area contributed by atoms with Crippen molar-refractivity contribution in [2.24, 2.45) is 5.92 Å². The van der Waals surface area contributed by atoms with Crippen molar-refractivity contribution in [3.05, 3.63) is 35.4 Å². The number of nitrogens with zero attached hydrogens (tertiary/aromatic N) is 1. The SMILES string of the molecule is CC(C)CN1CCC(NC(=O)NC(C)c2cccc(C(F)(F)F)c2)CC1. The summed E-state index contributed by atoms with van der Waals surface area (Å²) in [5.41, 5.74) is -0.275. The molecule has 1 saturated heterocycles. The van der Waals surface area contributed by atoms with Crippen molar-refractivity contribution in [1.82, 2.24) is 15.5 Å². The number of carbonyl (C=O) groups is 1. The van der Waals surface area contributed by atoms with E-state index in [9.17, 15) is 18.0 Å². The smallest absolute Gasteiger partial charge is 0.335 e. The normalized spacial score (nSPS) is 18.0. The van der Waals surface area contributed by atoms with Crippen molar-refractivity contribution >= 4 is 6.03 Å². The summed E-state index contributed by atoms with van der Waals surface area (Å²) in [5, 5.41) is 5.67. The van der Waals surface area contributed by atoms with Crippen LogP contribution in [0.3, 0.4) is 0 Å². The molecule has 7 heteroatoms. The number of benzene rings is 1. The zero-order chi connectivity index (χ0) is 19.3. The number of urea groups is 1. The molecular weight excluding hydrogens is 343 g/mol. The second-order valence-electron chi connectivity index (χ2n) is 7.43. The first kappa shape index (κ1) is 20.6. The molecule has 2 amide bonds. The molecule has 1 fully saturated rings. The van der Waals surface area contributed by atoms with Gasteiger partial charge in [0.25, 0.3) is 0 Å². The topological polar surface area (TPSA) is 44.4 Å². The highest BCUT2D eigenvalue weighted by atomic mass is 19.4. The molecule has 1 unspecified atom stereocenters. The summed E-state index contributed by atoms with van der Waals surface area (Å²) in [7, 11) is 0. The lowest BCUT2D eigenvalue weighted by molar-refractivity contribution is -0.137. The van der Waals surface area contributed by atoms with Gasteiger partial charge in [-0.3, -0.25) is 0 Å². The molecule has 0 aromatic heterocycles. The van der Waals surface area contributed by atoms with Crippen LogP contribution in [0.1, 0.15) is 50.8 Å². The van der Waals surface area contributed by atoms with Gasteiger partial charge in [-0.05, 0) is 43.4 Å². The van der Waals surface area contributed by atoms with E-state index in [2.05, 4.69) is 29.4 Å². The number of halogens is 3. The Kier molecular flexibility index (Phi) is 6.92. The van der Waals surface area contributed by atoms with Gasteiger partial charge in [0.2, 0.25) is 0 Å². The predicted molar refractivity (Wildman–Crippen MR) is 95.8 cm³/mol. The highest BCUT2D eigenvalue weighted by Crippen LogP contribution is 2.30. The molecule has 0 aliphatic carbocycles. The summed E-state index contributed by atoms with van der Waals surface area (Å²) in [6.07, 6.45) is -2.61. The minimum absolute atomic E-state index is 0.104. The van der Waals surface area contributed by atoms with E-state index in [1.54, 1.807) is 13.0 Å². The molecule has 0 bridgehead atoms. The first-order valence-electron chi connectivity index (χ1n) is 9.11. The lowest BCUT2D eigenvalue weighted by atomic mass is 10.0. The molecule has 1 heterocycles. The summed E-state index contributed by atoms with van der Waals surface area (Å²) in [6, 6.07) is 4.32. The van der Waals surface area contributed by atoms with E-state index >= 15 is 0 Å². The third-order valence-electron chi connectivity index (χ3n) is 4.61. The molecule has 0 spiro atoms.